The maximum absolute atomic E-state index is 11.9. The summed E-state index contributed by atoms with van der Waals surface area (Å²) in [5.41, 5.74) is 6.28. The number of aromatic nitrogens is 1. The van der Waals surface area contributed by atoms with Crippen LogP contribution >= 0.6 is 0 Å². The molecule has 0 bridgehead atoms. The van der Waals surface area contributed by atoms with Crippen LogP contribution in [0.5, 0.6) is 0 Å². The fourth-order valence-corrected chi connectivity index (χ4v) is 1.63. The molecule has 1 atom stereocenters. The van der Waals surface area contributed by atoms with Crippen molar-refractivity contribution in [1.82, 2.24) is 10.3 Å². The molecule has 1 amide bonds. The van der Waals surface area contributed by atoms with Gasteiger partial charge < -0.3 is 11.1 Å². The SMILES string of the molecule is CS(=O)CCNC(=O)c1ccncc1C#CCN. The smallest absolute Gasteiger partial charge is 0.252 e. The van der Waals surface area contributed by atoms with Crippen LogP contribution < -0.4 is 11.1 Å². The highest BCUT2D eigenvalue weighted by Crippen LogP contribution is 2.04. The van der Waals surface area contributed by atoms with Crippen LogP contribution in [0.4, 0.5) is 0 Å². The van der Waals surface area contributed by atoms with Gasteiger partial charge in [0.05, 0.1) is 17.7 Å². The lowest BCUT2D eigenvalue weighted by molar-refractivity contribution is 0.0956. The van der Waals surface area contributed by atoms with Crippen molar-refractivity contribution in [2.24, 2.45) is 5.73 Å². The molecule has 0 aliphatic heterocycles. The van der Waals surface area contributed by atoms with Crippen LogP contribution in [0.15, 0.2) is 18.5 Å². The fourth-order valence-electron chi connectivity index (χ4n) is 1.24. The largest absolute Gasteiger partial charge is 0.351 e. The Labute approximate surface area is 109 Å². The highest BCUT2D eigenvalue weighted by molar-refractivity contribution is 7.84. The first-order valence-electron chi connectivity index (χ1n) is 5.36. The highest BCUT2D eigenvalue weighted by Gasteiger charge is 2.09. The van der Waals surface area contributed by atoms with Crippen molar-refractivity contribution in [3.63, 3.8) is 0 Å². The van der Waals surface area contributed by atoms with Gasteiger partial charge in [-0.1, -0.05) is 11.8 Å². The number of carbonyl (C=O) groups excluding carboxylic acids is 1. The van der Waals surface area contributed by atoms with E-state index in [1.807, 2.05) is 0 Å². The van der Waals surface area contributed by atoms with Crippen LogP contribution in [0.2, 0.25) is 0 Å². The zero-order valence-corrected chi connectivity index (χ0v) is 10.9. The average molecular weight is 265 g/mol. The summed E-state index contributed by atoms with van der Waals surface area (Å²) in [6, 6.07) is 1.60. The average Bonchev–Trinajstić information content (AvgIpc) is 2.36. The Morgan fingerprint density at radius 1 is 1.61 bits per heavy atom. The highest BCUT2D eigenvalue weighted by atomic mass is 32.2. The Balaban J connectivity index is 2.75. The van der Waals surface area contributed by atoms with Gasteiger partial charge in [0.25, 0.3) is 5.91 Å². The van der Waals surface area contributed by atoms with E-state index in [1.54, 1.807) is 12.3 Å². The minimum Gasteiger partial charge on any atom is -0.351 e. The number of rotatable bonds is 4. The molecule has 96 valence electrons. The van der Waals surface area contributed by atoms with Gasteiger partial charge in [0.2, 0.25) is 0 Å². The van der Waals surface area contributed by atoms with Crippen LogP contribution in [0, 0.1) is 11.8 Å². The molecule has 1 aromatic rings. The predicted octanol–water partition coefficient (Wildman–Crippen LogP) is -0.500. The lowest BCUT2D eigenvalue weighted by Gasteiger charge is -2.05. The zero-order valence-electron chi connectivity index (χ0n) is 10.1. The Bertz CT molecular complexity index is 506. The molecule has 5 nitrogen and oxygen atoms in total. The summed E-state index contributed by atoms with van der Waals surface area (Å²) in [6.45, 7) is 0.596. The van der Waals surface area contributed by atoms with E-state index >= 15 is 0 Å². The number of hydrogen-bond donors (Lipinski definition) is 2. The molecule has 0 aliphatic carbocycles. The second kappa shape index (κ2) is 7.58. The Morgan fingerprint density at radius 3 is 3.06 bits per heavy atom. The van der Waals surface area contributed by atoms with Gasteiger partial charge in [-0.3, -0.25) is 14.0 Å². The van der Waals surface area contributed by atoms with E-state index in [9.17, 15) is 9.00 Å². The summed E-state index contributed by atoms with van der Waals surface area (Å²) in [7, 11) is -0.920. The summed E-state index contributed by atoms with van der Waals surface area (Å²) in [5.74, 6) is 5.66. The molecule has 1 rings (SSSR count). The predicted molar refractivity (Wildman–Crippen MR) is 71.4 cm³/mol. The van der Waals surface area contributed by atoms with Gasteiger partial charge in [0, 0.05) is 41.7 Å². The van der Waals surface area contributed by atoms with E-state index in [0.717, 1.165) is 0 Å². The van der Waals surface area contributed by atoms with Gasteiger partial charge in [-0.05, 0) is 6.07 Å². The number of pyridine rings is 1. The lowest BCUT2D eigenvalue weighted by Crippen LogP contribution is -2.28. The minimum absolute atomic E-state index is 0.227. The summed E-state index contributed by atoms with van der Waals surface area (Å²) >= 11 is 0. The molecule has 0 saturated carbocycles. The monoisotopic (exact) mass is 265 g/mol. The molecule has 0 aliphatic rings. The van der Waals surface area contributed by atoms with Gasteiger partial charge in [-0.25, -0.2) is 0 Å². The fraction of sp³-hybridized carbons (Fsp3) is 0.333. The van der Waals surface area contributed by atoms with Gasteiger partial charge in [-0.15, -0.1) is 0 Å². The Hall–Kier alpha value is -1.71. The second-order valence-electron chi connectivity index (χ2n) is 3.46. The van der Waals surface area contributed by atoms with Crippen molar-refractivity contribution in [3.8, 4) is 11.8 Å². The molecule has 18 heavy (non-hydrogen) atoms. The maximum atomic E-state index is 11.9. The van der Waals surface area contributed by atoms with Crippen LogP contribution in [0.25, 0.3) is 0 Å². The molecule has 0 aromatic carbocycles. The summed E-state index contributed by atoms with van der Waals surface area (Å²) < 4.78 is 10.9. The molecule has 3 N–H and O–H groups in total. The van der Waals surface area contributed by atoms with Gasteiger partial charge in [0.1, 0.15) is 0 Å². The number of nitrogens with one attached hydrogen (secondary N) is 1. The van der Waals surface area contributed by atoms with E-state index in [0.29, 0.717) is 23.4 Å². The first-order chi connectivity index (χ1) is 8.65. The molecule has 1 aromatic heterocycles. The van der Waals surface area contributed by atoms with Crippen molar-refractivity contribution < 1.29 is 9.00 Å². The van der Waals surface area contributed by atoms with Crippen molar-refractivity contribution in [2.75, 3.05) is 25.1 Å². The lowest BCUT2D eigenvalue weighted by atomic mass is 10.1. The molecular formula is C12H15N3O2S. The normalized spacial score (nSPS) is 11.2. The second-order valence-corrected chi connectivity index (χ2v) is 5.02. The summed E-state index contributed by atoms with van der Waals surface area (Å²) in [4.78, 5) is 15.8. The third-order valence-corrected chi connectivity index (χ3v) is 2.84. The maximum Gasteiger partial charge on any atom is 0.252 e. The van der Waals surface area contributed by atoms with Gasteiger partial charge in [0.15, 0.2) is 0 Å². The van der Waals surface area contributed by atoms with Crippen molar-refractivity contribution >= 4 is 16.7 Å². The topological polar surface area (TPSA) is 85.1 Å². The minimum atomic E-state index is -0.920. The number of carbonyl (C=O) groups is 1. The third-order valence-electron chi connectivity index (χ3n) is 2.07. The molecule has 0 fully saturated rings. The van der Waals surface area contributed by atoms with E-state index in [2.05, 4.69) is 22.1 Å². The van der Waals surface area contributed by atoms with Crippen LogP contribution in [-0.2, 0) is 10.8 Å². The number of hydrogen-bond acceptors (Lipinski definition) is 4. The Morgan fingerprint density at radius 2 is 2.39 bits per heavy atom. The zero-order chi connectivity index (χ0) is 13.4. The first-order valence-corrected chi connectivity index (χ1v) is 7.09. The van der Waals surface area contributed by atoms with E-state index in [4.69, 9.17) is 5.73 Å². The van der Waals surface area contributed by atoms with Gasteiger partial charge >= 0.3 is 0 Å². The molecule has 1 unspecified atom stereocenters. The van der Waals surface area contributed by atoms with Crippen molar-refractivity contribution in [1.29, 1.82) is 0 Å². The van der Waals surface area contributed by atoms with Crippen LogP contribution in [0.3, 0.4) is 0 Å². The summed E-state index contributed by atoms with van der Waals surface area (Å²) in [5, 5.41) is 2.69. The molecule has 1 heterocycles. The molecule has 0 saturated heterocycles. The van der Waals surface area contributed by atoms with E-state index in [1.165, 1.54) is 12.4 Å². The van der Waals surface area contributed by atoms with Crippen LogP contribution in [0.1, 0.15) is 15.9 Å². The van der Waals surface area contributed by atoms with E-state index < -0.39 is 10.8 Å². The first kappa shape index (κ1) is 14.4. The number of nitrogens with zero attached hydrogens (tertiary/aromatic N) is 1. The Kier molecular flexibility index (Phi) is 6.05. The van der Waals surface area contributed by atoms with Crippen molar-refractivity contribution in [2.45, 2.75) is 0 Å². The molecule has 0 spiro atoms. The van der Waals surface area contributed by atoms with Crippen LogP contribution in [-0.4, -0.2) is 40.2 Å². The quantitative estimate of drug-likeness (QED) is 0.719. The molecule has 6 heteroatoms. The number of nitrogens with two attached hydrogens (primary N) is 1. The summed E-state index contributed by atoms with van der Waals surface area (Å²) in [6.07, 6.45) is 4.65. The van der Waals surface area contributed by atoms with Crippen molar-refractivity contribution in [3.05, 3.63) is 29.6 Å². The third kappa shape index (κ3) is 4.65. The van der Waals surface area contributed by atoms with E-state index in [-0.39, 0.29) is 12.5 Å². The molecule has 0 radical (unpaired) electrons. The molecular weight excluding hydrogens is 250 g/mol. The van der Waals surface area contributed by atoms with Gasteiger partial charge in [-0.2, -0.15) is 0 Å². The standard InChI is InChI=1S/C12H15N3O2S/c1-18(17)8-7-15-12(16)11-4-6-14-9-10(11)3-2-5-13/h4,6,9H,5,7-8,13H2,1H3,(H,15,16). The number of amides is 1.